The normalized spacial score (nSPS) is 15.5. The molecule has 0 aliphatic carbocycles. The zero-order valence-corrected chi connectivity index (χ0v) is 8.08. The van der Waals surface area contributed by atoms with Gasteiger partial charge in [-0.05, 0) is 31.3 Å². The van der Waals surface area contributed by atoms with Crippen molar-refractivity contribution in [2.24, 2.45) is 5.73 Å². The number of hydrogen-bond donors (Lipinski definition) is 1. The lowest BCUT2D eigenvalue weighted by Gasteiger charge is -2.18. The minimum absolute atomic E-state index is 0.574. The van der Waals surface area contributed by atoms with Gasteiger partial charge >= 0.3 is 0 Å². The molecule has 0 saturated carbocycles. The third kappa shape index (κ3) is 4.28. The van der Waals surface area contributed by atoms with Crippen LogP contribution in [-0.4, -0.2) is 17.5 Å². The highest BCUT2D eigenvalue weighted by atomic mass is 32.2. The second-order valence-corrected chi connectivity index (χ2v) is 3.70. The van der Waals surface area contributed by atoms with Gasteiger partial charge in [0.2, 0.25) is 0 Å². The molecule has 0 aromatic carbocycles. The van der Waals surface area contributed by atoms with Gasteiger partial charge in [-0.15, -0.1) is 0 Å². The van der Waals surface area contributed by atoms with Gasteiger partial charge in [0.1, 0.15) is 5.54 Å². The van der Waals surface area contributed by atoms with E-state index in [0.717, 1.165) is 25.0 Å². The van der Waals surface area contributed by atoms with Gasteiger partial charge in [0.25, 0.3) is 0 Å². The van der Waals surface area contributed by atoms with Gasteiger partial charge in [-0.25, -0.2) is 0 Å². The van der Waals surface area contributed by atoms with Crippen molar-refractivity contribution in [3.8, 4) is 6.07 Å². The lowest BCUT2D eigenvalue weighted by atomic mass is 9.94. The van der Waals surface area contributed by atoms with Crippen LogP contribution in [0, 0.1) is 11.3 Å². The van der Waals surface area contributed by atoms with Crippen LogP contribution in [0.25, 0.3) is 0 Å². The lowest BCUT2D eigenvalue weighted by molar-refractivity contribution is 0.478. The summed E-state index contributed by atoms with van der Waals surface area (Å²) in [5.41, 5.74) is 5.19. The average molecular weight is 172 g/mol. The van der Waals surface area contributed by atoms with Crippen LogP contribution >= 0.6 is 11.8 Å². The topological polar surface area (TPSA) is 49.8 Å². The van der Waals surface area contributed by atoms with Crippen molar-refractivity contribution in [2.45, 2.75) is 31.7 Å². The molecular formula is C8H16N2S. The van der Waals surface area contributed by atoms with E-state index >= 15 is 0 Å². The van der Waals surface area contributed by atoms with Crippen LogP contribution in [-0.2, 0) is 0 Å². The Morgan fingerprint density at radius 2 is 2.27 bits per heavy atom. The van der Waals surface area contributed by atoms with Crippen LogP contribution in [0.5, 0.6) is 0 Å². The van der Waals surface area contributed by atoms with Crippen LogP contribution in [0.2, 0.25) is 0 Å². The molecule has 64 valence electrons. The second-order valence-electron chi connectivity index (χ2n) is 2.72. The van der Waals surface area contributed by atoms with Crippen molar-refractivity contribution in [3.05, 3.63) is 0 Å². The van der Waals surface area contributed by atoms with E-state index in [1.54, 1.807) is 11.8 Å². The number of thioether (sulfide) groups is 1. The van der Waals surface area contributed by atoms with E-state index in [0.29, 0.717) is 0 Å². The number of nitrogens with zero attached hydrogens (tertiary/aromatic N) is 1. The standard InChI is InChI=1S/C8H16N2S/c1-3-8(10,7-9)5-4-6-11-2/h3-6,10H2,1-2H3. The molecule has 2 nitrogen and oxygen atoms in total. The molecule has 0 saturated heterocycles. The number of rotatable bonds is 5. The van der Waals surface area contributed by atoms with Crippen LogP contribution < -0.4 is 5.73 Å². The summed E-state index contributed by atoms with van der Waals surface area (Å²) in [7, 11) is 0. The molecular weight excluding hydrogens is 156 g/mol. The van der Waals surface area contributed by atoms with E-state index in [-0.39, 0.29) is 0 Å². The first-order chi connectivity index (χ1) is 5.18. The fraction of sp³-hybridized carbons (Fsp3) is 0.875. The summed E-state index contributed by atoms with van der Waals surface area (Å²) in [4.78, 5) is 0. The maximum Gasteiger partial charge on any atom is 0.104 e. The van der Waals surface area contributed by atoms with Crippen LogP contribution in [0.4, 0.5) is 0 Å². The van der Waals surface area contributed by atoms with Crippen molar-refractivity contribution < 1.29 is 0 Å². The Morgan fingerprint density at radius 1 is 1.64 bits per heavy atom. The summed E-state index contributed by atoms with van der Waals surface area (Å²) in [6.45, 7) is 1.96. The minimum Gasteiger partial charge on any atom is -0.313 e. The monoisotopic (exact) mass is 172 g/mol. The molecule has 0 aromatic heterocycles. The zero-order valence-electron chi connectivity index (χ0n) is 7.26. The van der Waals surface area contributed by atoms with Crippen LogP contribution in [0.1, 0.15) is 26.2 Å². The van der Waals surface area contributed by atoms with E-state index in [9.17, 15) is 0 Å². The maximum absolute atomic E-state index is 8.70. The van der Waals surface area contributed by atoms with Gasteiger partial charge in [0.15, 0.2) is 0 Å². The Labute approximate surface area is 73.1 Å². The lowest BCUT2D eigenvalue weighted by Crippen LogP contribution is -2.37. The molecule has 1 atom stereocenters. The summed E-state index contributed by atoms with van der Waals surface area (Å²) in [6.07, 6.45) is 4.67. The van der Waals surface area contributed by atoms with E-state index in [1.807, 2.05) is 6.92 Å². The van der Waals surface area contributed by atoms with Crippen molar-refractivity contribution in [3.63, 3.8) is 0 Å². The Balaban J connectivity index is 3.63. The fourth-order valence-electron chi connectivity index (χ4n) is 0.844. The molecule has 0 rings (SSSR count). The van der Waals surface area contributed by atoms with Crippen LogP contribution in [0.3, 0.4) is 0 Å². The highest BCUT2D eigenvalue weighted by Gasteiger charge is 2.20. The highest BCUT2D eigenvalue weighted by molar-refractivity contribution is 7.98. The summed E-state index contributed by atoms with van der Waals surface area (Å²) < 4.78 is 0. The van der Waals surface area contributed by atoms with Crippen molar-refractivity contribution in [1.82, 2.24) is 0 Å². The Morgan fingerprint density at radius 3 is 2.64 bits per heavy atom. The Bertz CT molecular complexity index is 142. The first-order valence-corrected chi connectivity index (χ1v) is 5.27. The van der Waals surface area contributed by atoms with E-state index in [2.05, 4.69) is 12.3 Å². The fourth-order valence-corrected chi connectivity index (χ4v) is 1.28. The quantitative estimate of drug-likeness (QED) is 0.643. The molecule has 0 fully saturated rings. The molecule has 0 aliphatic rings. The largest absolute Gasteiger partial charge is 0.313 e. The van der Waals surface area contributed by atoms with Crippen LogP contribution in [0.15, 0.2) is 0 Å². The molecule has 3 heteroatoms. The molecule has 0 radical (unpaired) electrons. The number of hydrogen-bond acceptors (Lipinski definition) is 3. The second kappa shape index (κ2) is 5.45. The van der Waals surface area contributed by atoms with Gasteiger partial charge in [-0.1, -0.05) is 6.92 Å². The van der Waals surface area contributed by atoms with E-state index < -0.39 is 5.54 Å². The smallest absolute Gasteiger partial charge is 0.104 e. The molecule has 11 heavy (non-hydrogen) atoms. The molecule has 0 bridgehead atoms. The van der Waals surface area contributed by atoms with E-state index in [4.69, 9.17) is 11.0 Å². The third-order valence-corrected chi connectivity index (χ3v) is 2.52. The summed E-state index contributed by atoms with van der Waals surface area (Å²) >= 11 is 1.80. The van der Waals surface area contributed by atoms with Gasteiger partial charge in [0, 0.05) is 0 Å². The third-order valence-electron chi connectivity index (χ3n) is 1.82. The van der Waals surface area contributed by atoms with Gasteiger partial charge in [0.05, 0.1) is 6.07 Å². The molecule has 0 aromatic rings. The molecule has 1 unspecified atom stereocenters. The van der Waals surface area contributed by atoms with Gasteiger partial charge in [-0.3, -0.25) is 0 Å². The SMILES string of the molecule is CCC(N)(C#N)CCCSC. The summed E-state index contributed by atoms with van der Waals surface area (Å²) in [5.74, 6) is 1.10. The Hall–Kier alpha value is -0.200. The molecule has 0 aliphatic heterocycles. The molecule has 0 amide bonds. The predicted molar refractivity (Wildman–Crippen MR) is 50.4 cm³/mol. The molecule has 0 heterocycles. The molecule has 2 N–H and O–H groups in total. The molecule has 0 spiro atoms. The number of nitriles is 1. The zero-order chi connectivity index (χ0) is 8.74. The summed E-state index contributed by atoms with van der Waals surface area (Å²) in [6, 6.07) is 2.16. The van der Waals surface area contributed by atoms with Crippen molar-refractivity contribution in [1.29, 1.82) is 5.26 Å². The van der Waals surface area contributed by atoms with Crippen molar-refractivity contribution in [2.75, 3.05) is 12.0 Å². The number of nitrogens with two attached hydrogens (primary N) is 1. The van der Waals surface area contributed by atoms with Gasteiger partial charge in [-0.2, -0.15) is 17.0 Å². The first kappa shape index (κ1) is 10.8. The van der Waals surface area contributed by atoms with E-state index in [1.165, 1.54) is 0 Å². The summed E-state index contributed by atoms with van der Waals surface area (Å²) in [5, 5.41) is 8.70. The minimum atomic E-state index is -0.574. The predicted octanol–water partition coefficient (Wildman–Crippen LogP) is 1.76. The van der Waals surface area contributed by atoms with Crippen molar-refractivity contribution >= 4 is 11.8 Å². The van der Waals surface area contributed by atoms with Gasteiger partial charge < -0.3 is 5.73 Å². The first-order valence-electron chi connectivity index (χ1n) is 3.87. The Kier molecular flexibility index (Phi) is 5.35. The maximum atomic E-state index is 8.70. The highest BCUT2D eigenvalue weighted by Crippen LogP contribution is 2.14. The average Bonchev–Trinajstić information content (AvgIpc) is 2.05.